The highest BCUT2D eigenvalue weighted by Crippen LogP contribution is 2.08. The van der Waals surface area contributed by atoms with E-state index in [9.17, 15) is 0 Å². The van der Waals surface area contributed by atoms with Crippen molar-refractivity contribution in [2.75, 3.05) is 26.3 Å². The highest BCUT2D eigenvalue weighted by molar-refractivity contribution is 4.73. The summed E-state index contributed by atoms with van der Waals surface area (Å²) in [5.74, 6) is 0. The molecule has 2 heteroatoms. The normalized spacial score (nSPS) is 28.8. The molecule has 0 bridgehead atoms. The quantitative estimate of drug-likeness (QED) is 0.568. The van der Waals surface area contributed by atoms with Crippen LogP contribution in [0.2, 0.25) is 0 Å². The minimum Gasteiger partial charge on any atom is -0.378 e. The van der Waals surface area contributed by atoms with Gasteiger partial charge in [0.25, 0.3) is 0 Å². The van der Waals surface area contributed by atoms with E-state index in [2.05, 4.69) is 18.7 Å². The van der Waals surface area contributed by atoms with Crippen LogP contribution in [0.5, 0.6) is 0 Å². The molecule has 1 fully saturated rings. The Bertz CT molecular complexity index is 83.3. The lowest BCUT2D eigenvalue weighted by Gasteiger charge is -2.33. The Kier molecular flexibility index (Phi) is 3.16. The van der Waals surface area contributed by atoms with Crippen LogP contribution in [-0.4, -0.2) is 37.2 Å². The van der Waals surface area contributed by atoms with Gasteiger partial charge in [-0.3, -0.25) is 4.90 Å². The summed E-state index contributed by atoms with van der Waals surface area (Å²) in [7, 11) is 0. The Labute approximate surface area is 63.2 Å². The summed E-state index contributed by atoms with van der Waals surface area (Å²) >= 11 is 0. The monoisotopic (exact) mass is 142 g/mol. The number of hydrogen-bond donors (Lipinski definition) is 0. The van der Waals surface area contributed by atoms with Gasteiger partial charge >= 0.3 is 0 Å². The molecule has 2 nitrogen and oxygen atoms in total. The molecule has 0 aromatic carbocycles. The van der Waals surface area contributed by atoms with Gasteiger partial charge in [-0.1, -0.05) is 6.92 Å². The molecule has 1 radical (unpaired) electrons. The predicted molar refractivity (Wildman–Crippen MR) is 41.8 cm³/mol. The van der Waals surface area contributed by atoms with E-state index < -0.39 is 0 Å². The maximum atomic E-state index is 5.34. The molecule has 0 saturated carbocycles. The third-order valence-corrected chi connectivity index (χ3v) is 2.11. The molecule has 0 aromatic rings. The van der Waals surface area contributed by atoms with Crippen LogP contribution in [0.3, 0.4) is 0 Å². The van der Waals surface area contributed by atoms with Crippen LogP contribution in [0.15, 0.2) is 0 Å². The molecule has 1 saturated heterocycles. The third-order valence-electron chi connectivity index (χ3n) is 2.11. The average Bonchev–Trinajstić information content (AvgIpc) is 2.04. The molecule has 1 rings (SSSR count). The van der Waals surface area contributed by atoms with Gasteiger partial charge in [0.2, 0.25) is 0 Å². The molecule has 0 N–H and O–H groups in total. The molecule has 59 valence electrons. The van der Waals surface area contributed by atoms with Crippen molar-refractivity contribution in [3.05, 3.63) is 6.92 Å². The van der Waals surface area contributed by atoms with E-state index in [4.69, 9.17) is 4.74 Å². The molecule has 1 unspecified atom stereocenters. The molecule has 1 heterocycles. The summed E-state index contributed by atoms with van der Waals surface area (Å²) in [6.07, 6.45) is 1.18. The SMILES string of the molecule is [CH2]CN1CCOCC1CC. The summed E-state index contributed by atoms with van der Waals surface area (Å²) in [6.45, 7) is 9.83. The second-order valence-corrected chi connectivity index (χ2v) is 2.67. The van der Waals surface area contributed by atoms with Crippen LogP contribution in [0.25, 0.3) is 0 Å². The number of hydrogen-bond acceptors (Lipinski definition) is 2. The molecule has 10 heavy (non-hydrogen) atoms. The van der Waals surface area contributed by atoms with E-state index in [-0.39, 0.29) is 0 Å². The minimum atomic E-state index is 0.617. The van der Waals surface area contributed by atoms with E-state index in [0.717, 1.165) is 26.3 Å². The maximum Gasteiger partial charge on any atom is 0.0622 e. The smallest absolute Gasteiger partial charge is 0.0622 e. The first-order valence-corrected chi connectivity index (χ1v) is 3.99. The van der Waals surface area contributed by atoms with Crippen molar-refractivity contribution >= 4 is 0 Å². The molecule has 1 atom stereocenters. The van der Waals surface area contributed by atoms with E-state index in [1.807, 2.05) is 0 Å². The van der Waals surface area contributed by atoms with Gasteiger partial charge in [0.15, 0.2) is 0 Å². The molecular formula is C8H16NO. The molecule has 0 amide bonds. The van der Waals surface area contributed by atoms with Gasteiger partial charge < -0.3 is 4.74 Å². The first-order chi connectivity index (χ1) is 4.88. The Morgan fingerprint density at radius 1 is 1.70 bits per heavy atom. The van der Waals surface area contributed by atoms with E-state index in [0.29, 0.717) is 6.04 Å². The molecule has 0 aromatic heterocycles. The van der Waals surface area contributed by atoms with Crippen LogP contribution in [0, 0.1) is 6.92 Å². The Morgan fingerprint density at radius 2 is 2.50 bits per heavy atom. The summed E-state index contributed by atoms with van der Waals surface area (Å²) in [5.41, 5.74) is 0. The van der Waals surface area contributed by atoms with Gasteiger partial charge in [-0.15, -0.1) is 0 Å². The summed E-state index contributed by atoms with van der Waals surface area (Å²) < 4.78 is 5.34. The van der Waals surface area contributed by atoms with Gasteiger partial charge in [0.1, 0.15) is 0 Å². The zero-order chi connectivity index (χ0) is 7.40. The first-order valence-electron chi connectivity index (χ1n) is 3.99. The van der Waals surface area contributed by atoms with Gasteiger partial charge in [-0.05, 0) is 19.9 Å². The van der Waals surface area contributed by atoms with Crippen molar-refractivity contribution in [2.24, 2.45) is 0 Å². The number of nitrogens with zero attached hydrogens (tertiary/aromatic N) is 1. The second-order valence-electron chi connectivity index (χ2n) is 2.67. The third kappa shape index (κ3) is 1.70. The fourth-order valence-corrected chi connectivity index (χ4v) is 1.36. The van der Waals surface area contributed by atoms with Crippen molar-refractivity contribution in [1.29, 1.82) is 0 Å². The second kappa shape index (κ2) is 3.94. The fourth-order valence-electron chi connectivity index (χ4n) is 1.36. The lowest BCUT2D eigenvalue weighted by molar-refractivity contribution is -0.00306. The highest BCUT2D eigenvalue weighted by atomic mass is 16.5. The number of morpholine rings is 1. The Morgan fingerprint density at radius 3 is 3.00 bits per heavy atom. The van der Waals surface area contributed by atoms with Gasteiger partial charge in [-0.2, -0.15) is 0 Å². The fraction of sp³-hybridized carbons (Fsp3) is 0.875. The van der Waals surface area contributed by atoms with Crippen molar-refractivity contribution in [2.45, 2.75) is 19.4 Å². The van der Waals surface area contributed by atoms with E-state index in [1.165, 1.54) is 6.42 Å². The standard InChI is InChI=1S/C8H16NO/c1-3-8-7-10-6-5-9(8)4-2/h8H,2-7H2,1H3. The molecule has 1 aliphatic heterocycles. The van der Waals surface area contributed by atoms with Crippen LogP contribution >= 0.6 is 0 Å². The highest BCUT2D eigenvalue weighted by Gasteiger charge is 2.18. The van der Waals surface area contributed by atoms with Gasteiger partial charge in [-0.25, -0.2) is 0 Å². The first kappa shape index (κ1) is 8.02. The van der Waals surface area contributed by atoms with Crippen LogP contribution in [-0.2, 0) is 4.74 Å². The lowest BCUT2D eigenvalue weighted by atomic mass is 10.2. The van der Waals surface area contributed by atoms with E-state index in [1.54, 1.807) is 0 Å². The largest absolute Gasteiger partial charge is 0.378 e. The molecular weight excluding hydrogens is 126 g/mol. The summed E-state index contributed by atoms with van der Waals surface area (Å²) in [4.78, 5) is 2.38. The van der Waals surface area contributed by atoms with Crippen LogP contribution < -0.4 is 0 Å². The number of rotatable bonds is 2. The van der Waals surface area contributed by atoms with Crippen molar-refractivity contribution in [1.82, 2.24) is 4.90 Å². The van der Waals surface area contributed by atoms with Crippen molar-refractivity contribution in [3.8, 4) is 0 Å². The zero-order valence-corrected chi connectivity index (χ0v) is 6.68. The van der Waals surface area contributed by atoms with Gasteiger partial charge in [0, 0.05) is 12.6 Å². The summed E-state index contributed by atoms with van der Waals surface area (Å²) in [5, 5.41) is 0. The number of ether oxygens (including phenoxy) is 1. The van der Waals surface area contributed by atoms with Crippen molar-refractivity contribution in [3.63, 3.8) is 0 Å². The molecule has 0 spiro atoms. The zero-order valence-electron chi connectivity index (χ0n) is 6.68. The van der Waals surface area contributed by atoms with Crippen molar-refractivity contribution < 1.29 is 4.74 Å². The topological polar surface area (TPSA) is 12.5 Å². The molecule has 0 aliphatic carbocycles. The Hall–Kier alpha value is -0.0800. The lowest BCUT2D eigenvalue weighted by Crippen LogP contribution is -2.44. The van der Waals surface area contributed by atoms with Gasteiger partial charge in [0.05, 0.1) is 13.2 Å². The van der Waals surface area contributed by atoms with Crippen LogP contribution in [0.1, 0.15) is 13.3 Å². The average molecular weight is 142 g/mol. The van der Waals surface area contributed by atoms with Crippen LogP contribution in [0.4, 0.5) is 0 Å². The molecule has 1 aliphatic rings. The van der Waals surface area contributed by atoms with E-state index >= 15 is 0 Å². The predicted octanol–water partition coefficient (Wildman–Crippen LogP) is 0.931. The summed E-state index contributed by atoms with van der Waals surface area (Å²) in [6, 6.07) is 0.617. The maximum absolute atomic E-state index is 5.34. The Balaban J connectivity index is 2.34. The minimum absolute atomic E-state index is 0.617.